The molecule has 5 heteroatoms. The number of rotatable bonds is 6. The Labute approximate surface area is 136 Å². The first-order valence-electron chi connectivity index (χ1n) is 7.76. The van der Waals surface area contributed by atoms with Gasteiger partial charge >= 0.3 is 6.03 Å². The average Bonchev–Trinajstić information content (AvgIpc) is 2.55. The van der Waals surface area contributed by atoms with E-state index < -0.39 is 0 Å². The predicted octanol–water partition coefficient (Wildman–Crippen LogP) is 2.16. The molecule has 2 N–H and O–H groups in total. The molecule has 23 heavy (non-hydrogen) atoms. The summed E-state index contributed by atoms with van der Waals surface area (Å²) in [5.74, 6) is 0.000977. The van der Waals surface area contributed by atoms with Crippen LogP contribution in [0.5, 0.6) is 0 Å². The van der Waals surface area contributed by atoms with E-state index in [1.54, 1.807) is 14.1 Å². The maximum atomic E-state index is 11.7. The standard InChI is InChI=1S/C18H23N3O2/c1-21(2)17(22)11-13-20-18(23)19-12-10-15-8-5-7-14-6-3-4-9-16(14)15/h3-9H,10-13H2,1-2H3,(H2,19,20,23). The molecule has 0 saturated carbocycles. The number of hydrogen-bond acceptors (Lipinski definition) is 2. The molecule has 122 valence electrons. The van der Waals surface area contributed by atoms with Crippen molar-refractivity contribution in [2.24, 2.45) is 0 Å². The molecule has 0 atom stereocenters. The second-order valence-electron chi connectivity index (χ2n) is 5.61. The molecule has 0 aromatic heterocycles. The molecule has 2 aromatic carbocycles. The summed E-state index contributed by atoms with van der Waals surface area (Å²) in [4.78, 5) is 24.6. The Morgan fingerprint density at radius 2 is 1.65 bits per heavy atom. The Kier molecular flexibility index (Phi) is 5.97. The van der Waals surface area contributed by atoms with Crippen molar-refractivity contribution in [3.05, 3.63) is 48.0 Å². The lowest BCUT2D eigenvalue weighted by atomic mass is 10.0. The summed E-state index contributed by atoms with van der Waals surface area (Å²) in [5, 5.41) is 7.94. The number of fused-ring (bicyclic) bond motifs is 1. The lowest BCUT2D eigenvalue weighted by Gasteiger charge is -2.11. The zero-order chi connectivity index (χ0) is 16.7. The molecule has 2 aromatic rings. The summed E-state index contributed by atoms with van der Waals surface area (Å²) >= 11 is 0. The minimum atomic E-state index is -0.239. The van der Waals surface area contributed by atoms with Crippen LogP contribution in [0.4, 0.5) is 4.79 Å². The quantitative estimate of drug-likeness (QED) is 0.858. The van der Waals surface area contributed by atoms with Gasteiger partial charge in [-0.2, -0.15) is 0 Å². The van der Waals surface area contributed by atoms with E-state index in [-0.39, 0.29) is 11.9 Å². The highest BCUT2D eigenvalue weighted by molar-refractivity contribution is 5.85. The first kappa shape index (κ1) is 16.8. The van der Waals surface area contributed by atoms with E-state index in [1.165, 1.54) is 21.2 Å². The molecule has 0 bridgehead atoms. The van der Waals surface area contributed by atoms with Crippen molar-refractivity contribution in [3.8, 4) is 0 Å². The molecular formula is C18H23N3O2. The van der Waals surface area contributed by atoms with Crippen molar-refractivity contribution in [2.75, 3.05) is 27.2 Å². The zero-order valence-electron chi connectivity index (χ0n) is 13.6. The van der Waals surface area contributed by atoms with Crippen LogP contribution in [-0.4, -0.2) is 44.0 Å². The zero-order valence-corrected chi connectivity index (χ0v) is 13.6. The smallest absolute Gasteiger partial charge is 0.314 e. The number of urea groups is 1. The lowest BCUT2D eigenvalue weighted by molar-refractivity contribution is -0.128. The number of benzene rings is 2. The SMILES string of the molecule is CN(C)C(=O)CCNC(=O)NCCc1cccc2ccccc12. The van der Waals surface area contributed by atoms with Crippen molar-refractivity contribution in [1.29, 1.82) is 0 Å². The van der Waals surface area contributed by atoms with Gasteiger partial charge in [0.1, 0.15) is 0 Å². The number of carbonyl (C=O) groups is 2. The molecule has 0 spiro atoms. The van der Waals surface area contributed by atoms with Gasteiger partial charge in [-0.05, 0) is 22.8 Å². The van der Waals surface area contributed by atoms with Gasteiger partial charge in [0.2, 0.25) is 5.91 Å². The van der Waals surface area contributed by atoms with Gasteiger partial charge in [-0.25, -0.2) is 4.79 Å². The normalized spacial score (nSPS) is 10.3. The Bertz CT molecular complexity index is 678. The third kappa shape index (κ3) is 4.98. The lowest BCUT2D eigenvalue weighted by Crippen LogP contribution is -2.38. The van der Waals surface area contributed by atoms with E-state index in [0.29, 0.717) is 19.5 Å². The number of amides is 3. The minimum absolute atomic E-state index is 0.000977. The van der Waals surface area contributed by atoms with Gasteiger partial charge in [0.05, 0.1) is 0 Å². The van der Waals surface area contributed by atoms with Crippen LogP contribution in [0.1, 0.15) is 12.0 Å². The topological polar surface area (TPSA) is 61.4 Å². The predicted molar refractivity (Wildman–Crippen MR) is 92.4 cm³/mol. The molecule has 3 amide bonds. The number of hydrogen-bond donors (Lipinski definition) is 2. The molecule has 5 nitrogen and oxygen atoms in total. The Balaban J connectivity index is 1.76. The van der Waals surface area contributed by atoms with Crippen molar-refractivity contribution < 1.29 is 9.59 Å². The minimum Gasteiger partial charge on any atom is -0.349 e. The van der Waals surface area contributed by atoms with Gasteiger partial charge in [-0.3, -0.25) is 4.79 Å². The van der Waals surface area contributed by atoms with Crippen LogP contribution in [0.2, 0.25) is 0 Å². The Hall–Kier alpha value is -2.56. The largest absolute Gasteiger partial charge is 0.349 e. The average molecular weight is 313 g/mol. The van der Waals surface area contributed by atoms with Crippen LogP contribution >= 0.6 is 0 Å². The molecule has 0 unspecified atom stereocenters. The van der Waals surface area contributed by atoms with Crippen LogP contribution in [0.3, 0.4) is 0 Å². The molecule has 0 heterocycles. The van der Waals surface area contributed by atoms with E-state index in [0.717, 1.165) is 6.42 Å². The number of carbonyl (C=O) groups excluding carboxylic acids is 2. The van der Waals surface area contributed by atoms with E-state index in [1.807, 2.05) is 18.2 Å². The molecule has 0 aliphatic carbocycles. The highest BCUT2D eigenvalue weighted by Gasteiger charge is 2.05. The molecular weight excluding hydrogens is 290 g/mol. The third-order valence-electron chi connectivity index (χ3n) is 3.68. The summed E-state index contributed by atoms with van der Waals surface area (Å²) in [6, 6.07) is 14.2. The van der Waals surface area contributed by atoms with Gasteiger partial charge in [-0.15, -0.1) is 0 Å². The third-order valence-corrected chi connectivity index (χ3v) is 3.68. The maximum Gasteiger partial charge on any atom is 0.314 e. The Morgan fingerprint density at radius 3 is 2.43 bits per heavy atom. The molecule has 0 aliphatic rings. The second kappa shape index (κ2) is 8.17. The van der Waals surface area contributed by atoms with Crippen molar-refractivity contribution >= 4 is 22.7 Å². The first-order chi connectivity index (χ1) is 11.1. The fourth-order valence-electron chi connectivity index (χ4n) is 2.39. The fraction of sp³-hybridized carbons (Fsp3) is 0.333. The Morgan fingerprint density at radius 1 is 0.957 bits per heavy atom. The summed E-state index contributed by atoms with van der Waals surface area (Å²) < 4.78 is 0. The van der Waals surface area contributed by atoms with E-state index in [2.05, 4.69) is 34.9 Å². The van der Waals surface area contributed by atoms with Gasteiger partial charge in [-0.1, -0.05) is 42.5 Å². The molecule has 2 rings (SSSR count). The molecule has 0 aliphatic heterocycles. The highest BCUT2D eigenvalue weighted by atomic mass is 16.2. The first-order valence-corrected chi connectivity index (χ1v) is 7.76. The van der Waals surface area contributed by atoms with Crippen LogP contribution in [0, 0.1) is 0 Å². The molecule has 0 fully saturated rings. The van der Waals surface area contributed by atoms with Gasteiger partial charge < -0.3 is 15.5 Å². The van der Waals surface area contributed by atoms with Gasteiger partial charge in [0.25, 0.3) is 0 Å². The summed E-state index contributed by atoms with van der Waals surface area (Å²) in [7, 11) is 3.40. The monoisotopic (exact) mass is 313 g/mol. The fourth-order valence-corrected chi connectivity index (χ4v) is 2.39. The van der Waals surface area contributed by atoms with Crippen LogP contribution in [-0.2, 0) is 11.2 Å². The van der Waals surface area contributed by atoms with Gasteiger partial charge in [0, 0.05) is 33.6 Å². The van der Waals surface area contributed by atoms with E-state index >= 15 is 0 Å². The number of nitrogens with one attached hydrogen (secondary N) is 2. The maximum absolute atomic E-state index is 11.7. The van der Waals surface area contributed by atoms with E-state index in [9.17, 15) is 9.59 Å². The summed E-state index contributed by atoms with van der Waals surface area (Å²) in [6.45, 7) is 0.901. The molecule has 0 saturated heterocycles. The van der Waals surface area contributed by atoms with Crippen molar-refractivity contribution in [3.63, 3.8) is 0 Å². The van der Waals surface area contributed by atoms with Gasteiger partial charge in [0.15, 0.2) is 0 Å². The van der Waals surface area contributed by atoms with Crippen molar-refractivity contribution in [1.82, 2.24) is 15.5 Å². The van der Waals surface area contributed by atoms with Crippen LogP contribution in [0.15, 0.2) is 42.5 Å². The second-order valence-corrected chi connectivity index (χ2v) is 5.61. The molecule has 0 radical (unpaired) electrons. The van der Waals surface area contributed by atoms with Crippen molar-refractivity contribution in [2.45, 2.75) is 12.8 Å². The van der Waals surface area contributed by atoms with E-state index in [4.69, 9.17) is 0 Å². The summed E-state index contributed by atoms with van der Waals surface area (Å²) in [5.41, 5.74) is 1.21. The number of nitrogens with zero attached hydrogens (tertiary/aromatic N) is 1. The highest BCUT2D eigenvalue weighted by Crippen LogP contribution is 2.18. The summed E-state index contributed by atoms with van der Waals surface area (Å²) in [6.07, 6.45) is 1.08. The van der Waals surface area contributed by atoms with Crippen LogP contribution < -0.4 is 10.6 Å². The van der Waals surface area contributed by atoms with Crippen LogP contribution in [0.25, 0.3) is 10.8 Å².